The van der Waals surface area contributed by atoms with E-state index in [-0.39, 0.29) is 17.0 Å². The van der Waals surface area contributed by atoms with Gasteiger partial charge in [-0.25, -0.2) is 10.4 Å². The Labute approximate surface area is 254 Å². The number of nitrogens with zero attached hydrogens (tertiary/aromatic N) is 2. The highest BCUT2D eigenvalue weighted by molar-refractivity contribution is 7.17. The Morgan fingerprint density at radius 1 is 0.951 bits per heavy atom. The van der Waals surface area contributed by atoms with E-state index in [1.165, 1.54) is 12.1 Å². The average molecular weight is 631 g/mol. The van der Waals surface area contributed by atoms with E-state index in [0.717, 1.165) is 11.3 Å². The number of aromatic nitrogens is 1. The van der Waals surface area contributed by atoms with Gasteiger partial charge in [-0.1, -0.05) is 64.3 Å². The topological polar surface area (TPSA) is 133 Å². The summed E-state index contributed by atoms with van der Waals surface area (Å²) in [5, 5.41) is 21.3. The van der Waals surface area contributed by atoms with E-state index in [9.17, 15) is 19.5 Å². The van der Waals surface area contributed by atoms with Gasteiger partial charge in [0.05, 0.1) is 32.6 Å². The Kier molecular flexibility index (Phi) is 9.61. The van der Waals surface area contributed by atoms with Crippen molar-refractivity contribution in [3.05, 3.63) is 97.4 Å². The highest BCUT2D eigenvalue weighted by Crippen LogP contribution is 2.30. The summed E-state index contributed by atoms with van der Waals surface area (Å²) in [5.41, 5.74) is 4.02. The van der Waals surface area contributed by atoms with Gasteiger partial charge in [-0.15, -0.1) is 0 Å². The van der Waals surface area contributed by atoms with Gasteiger partial charge in [0, 0.05) is 16.4 Å². The molecule has 41 heavy (non-hydrogen) atoms. The average Bonchev–Trinajstić information content (AvgIpc) is 3.30. The zero-order valence-electron chi connectivity index (χ0n) is 21.6. The molecule has 0 aliphatic carbocycles. The molecule has 0 aliphatic rings. The molecule has 0 unspecified atom stereocenters. The first-order valence-electron chi connectivity index (χ1n) is 12.0. The smallest absolute Gasteiger partial charge is 0.275 e. The monoisotopic (exact) mass is 629 g/mol. The second kappa shape index (κ2) is 13.1. The van der Waals surface area contributed by atoms with Crippen molar-refractivity contribution in [2.24, 2.45) is 5.10 Å². The molecule has 210 valence electrons. The summed E-state index contributed by atoms with van der Waals surface area (Å²) in [6.45, 7) is 3.39. The number of nitrogens with one attached hydrogen (secondary N) is 3. The van der Waals surface area contributed by atoms with Crippen molar-refractivity contribution >= 4 is 86.0 Å². The van der Waals surface area contributed by atoms with Crippen LogP contribution in [0.15, 0.2) is 65.8 Å². The van der Waals surface area contributed by atoms with Crippen LogP contribution in [0.3, 0.4) is 0 Å². The first-order chi connectivity index (χ1) is 19.5. The molecule has 0 atom stereocenters. The standard InChI is InChI=1S/C28H22Cl3N5O4S/c1-14-18(29)7-5-8-21(14)34-27(40)22(35-36-26(39)17-6-3-4-9-23(17)37)13-24(38)25-15(2)32-28(41-25)33-16-10-11-19(30)20(31)12-16/h3-12,37H,13H2,1-2H3,(H,32,33)(H,34,40)(H,36,39)/b35-22-. The number of thiazole rings is 1. The highest BCUT2D eigenvalue weighted by Gasteiger charge is 2.23. The molecule has 1 heterocycles. The Balaban J connectivity index is 1.58. The number of aryl methyl sites for hydroxylation is 1. The second-order valence-electron chi connectivity index (χ2n) is 8.67. The van der Waals surface area contributed by atoms with E-state index in [4.69, 9.17) is 34.8 Å². The Morgan fingerprint density at radius 2 is 1.71 bits per heavy atom. The molecule has 3 aromatic carbocycles. The van der Waals surface area contributed by atoms with E-state index in [1.54, 1.807) is 62.4 Å². The fourth-order valence-electron chi connectivity index (χ4n) is 3.59. The lowest BCUT2D eigenvalue weighted by Crippen LogP contribution is -2.29. The van der Waals surface area contributed by atoms with Gasteiger partial charge < -0.3 is 15.7 Å². The predicted octanol–water partition coefficient (Wildman–Crippen LogP) is 7.17. The zero-order chi connectivity index (χ0) is 29.7. The van der Waals surface area contributed by atoms with Crippen LogP contribution in [0.2, 0.25) is 15.1 Å². The van der Waals surface area contributed by atoms with Crippen molar-refractivity contribution in [1.82, 2.24) is 10.4 Å². The number of halogens is 3. The molecule has 0 spiro atoms. The van der Waals surface area contributed by atoms with Gasteiger partial charge in [0.2, 0.25) is 0 Å². The minimum atomic E-state index is -0.762. The van der Waals surface area contributed by atoms with Crippen LogP contribution >= 0.6 is 46.1 Å². The minimum absolute atomic E-state index is 0.0515. The predicted molar refractivity (Wildman–Crippen MR) is 163 cm³/mol. The van der Waals surface area contributed by atoms with E-state index in [2.05, 4.69) is 26.1 Å². The number of hydrazone groups is 1. The van der Waals surface area contributed by atoms with Crippen molar-refractivity contribution in [2.45, 2.75) is 20.3 Å². The number of aromatic hydroxyl groups is 1. The Bertz CT molecular complexity index is 1690. The minimum Gasteiger partial charge on any atom is -0.507 e. The van der Waals surface area contributed by atoms with E-state index in [0.29, 0.717) is 47.7 Å². The van der Waals surface area contributed by atoms with Crippen molar-refractivity contribution in [1.29, 1.82) is 0 Å². The molecule has 2 amide bonds. The van der Waals surface area contributed by atoms with Gasteiger partial charge in [-0.05, 0) is 61.9 Å². The number of benzene rings is 3. The van der Waals surface area contributed by atoms with Crippen LogP contribution in [0.4, 0.5) is 16.5 Å². The van der Waals surface area contributed by atoms with Crippen LogP contribution in [0, 0.1) is 13.8 Å². The molecular formula is C28H22Cl3N5O4S. The summed E-state index contributed by atoms with van der Waals surface area (Å²) in [6, 6.07) is 15.8. The molecule has 0 saturated heterocycles. The maximum absolute atomic E-state index is 13.4. The molecule has 4 N–H and O–H groups in total. The third-order valence-corrected chi connectivity index (χ3v) is 8.03. The van der Waals surface area contributed by atoms with Crippen LogP contribution in [0.1, 0.15) is 37.7 Å². The quantitative estimate of drug-likeness (QED) is 0.0881. The van der Waals surface area contributed by atoms with E-state index >= 15 is 0 Å². The van der Waals surface area contributed by atoms with Crippen molar-refractivity contribution in [3.8, 4) is 5.75 Å². The zero-order valence-corrected chi connectivity index (χ0v) is 24.7. The van der Waals surface area contributed by atoms with Crippen LogP contribution in [-0.2, 0) is 4.79 Å². The fourth-order valence-corrected chi connectivity index (χ4v) is 4.99. The van der Waals surface area contributed by atoms with Crippen LogP contribution in [0.25, 0.3) is 0 Å². The summed E-state index contributed by atoms with van der Waals surface area (Å²) in [7, 11) is 0. The van der Waals surface area contributed by atoms with Crippen LogP contribution in [-0.4, -0.2) is 33.4 Å². The van der Waals surface area contributed by atoms with Crippen LogP contribution < -0.4 is 16.1 Å². The maximum atomic E-state index is 13.4. The Hall–Kier alpha value is -3.96. The molecule has 0 aliphatic heterocycles. The van der Waals surface area contributed by atoms with Gasteiger partial charge in [0.1, 0.15) is 11.5 Å². The number of hydrogen-bond donors (Lipinski definition) is 4. The van der Waals surface area contributed by atoms with Gasteiger partial charge >= 0.3 is 0 Å². The lowest BCUT2D eigenvalue weighted by atomic mass is 10.1. The summed E-state index contributed by atoms with van der Waals surface area (Å²) in [5.74, 6) is -2.20. The molecule has 0 radical (unpaired) electrons. The molecule has 9 nitrogen and oxygen atoms in total. The summed E-state index contributed by atoms with van der Waals surface area (Å²) in [4.78, 5) is 43.9. The number of hydrogen-bond acceptors (Lipinski definition) is 8. The number of anilines is 3. The number of Topliss-reactive ketones (excluding diaryl/α,β-unsaturated/α-hetero) is 1. The van der Waals surface area contributed by atoms with E-state index in [1.807, 2.05) is 0 Å². The number of phenolic OH excluding ortho intramolecular Hbond substituents is 1. The molecule has 0 bridgehead atoms. The van der Waals surface area contributed by atoms with Crippen LogP contribution in [0.5, 0.6) is 5.75 Å². The molecule has 13 heteroatoms. The number of amides is 2. The number of ketones is 1. The van der Waals surface area contributed by atoms with Gasteiger partial charge in [0.15, 0.2) is 10.9 Å². The Morgan fingerprint density at radius 3 is 2.44 bits per heavy atom. The molecule has 0 saturated carbocycles. The number of para-hydroxylation sites is 1. The molecule has 4 rings (SSSR count). The fraction of sp³-hybridized carbons (Fsp3) is 0.107. The number of rotatable bonds is 9. The lowest BCUT2D eigenvalue weighted by Gasteiger charge is -2.11. The molecule has 1 aromatic heterocycles. The summed E-state index contributed by atoms with van der Waals surface area (Å²) < 4.78 is 0. The summed E-state index contributed by atoms with van der Waals surface area (Å²) in [6.07, 6.45) is -0.457. The first kappa shape index (κ1) is 30.0. The van der Waals surface area contributed by atoms with Gasteiger partial charge in [0.25, 0.3) is 11.8 Å². The van der Waals surface area contributed by atoms with Gasteiger partial charge in [-0.2, -0.15) is 5.10 Å². The third-order valence-electron chi connectivity index (χ3n) is 5.77. The van der Waals surface area contributed by atoms with E-state index < -0.39 is 24.0 Å². The molecule has 0 fully saturated rings. The van der Waals surface area contributed by atoms with Crippen molar-refractivity contribution in [2.75, 3.05) is 10.6 Å². The number of carbonyl (C=O) groups is 3. The van der Waals surface area contributed by atoms with Crippen molar-refractivity contribution < 1.29 is 19.5 Å². The second-order valence-corrected chi connectivity index (χ2v) is 10.9. The largest absolute Gasteiger partial charge is 0.507 e. The summed E-state index contributed by atoms with van der Waals surface area (Å²) >= 11 is 19.3. The maximum Gasteiger partial charge on any atom is 0.275 e. The lowest BCUT2D eigenvalue weighted by molar-refractivity contribution is -0.110. The normalized spacial score (nSPS) is 11.2. The SMILES string of the molecule is Cc1nc(Nc2ccc(Cl)c(Cl)c2)sc1C(=O)C/C(=N/NC(=O)c1ccccc1O)C(=O)Nc1cccc(Cl)c1C. The highest BCUT2D eigenvalue weighted by atomic mass is 35.5. The van der Waals surface area contributed by atoms with Crippen molar-refractivity contribution in [3.63, 3.8) is 0 Å². The molecular weight excluding hydrogens is 609 g/mol. The number of phenols is 1. The van der Waals surface area contributed by atoms with Gasteiger partial charge in [-0.3, -0.25) is 14.4 Å². The molecule has 4 aromatic rings. The third kappa shape index (κ3) is 7.42. The first-order valence-corrected chi connectivity index (χ1v) is 13.9. The number of carbonyl (C=O) groups excluding carboxylic acids is 3.